The SMILES string of the molecule is COc1ccc(Oc2ncnc(Nc3ccccc3F)c2N)cc1. The summed E-state index contributed by atoms with van der Waals surface area (Å²) in [5.41, 5.74) is 6.47. The summed E-state index contributed by atoms with van der Waals surface area (Å²) in [5.74, 6) is 1.28. The van der Waals surface area contributed by atoms with Crippen molar-refractivity contribution in [3.63, 3.8) is 0 Å². The number of hydrogen-bond donors (Lipinski definition) is 2. The molecule has 0 aliphatic heterocycles. The van der Waals surface area contributed by atoms with E-state index >= 15 is 0 Å². The van der Waals surface area contributed by atoms with Gasteiger partial charge in [0.25, 0.3) is 0 Å². The fraction of sp³-hybridized carbons (Fsp3) is 0.0588. The second kappa shape index (κ2) is 6.82. The standard InChI is InChI=1S/C17H15FN4O2/c1-23-11-6-8-12(9-7-11)24-17-15(19)16(20-10-21-17)22-14-5-3-2-4-13(14)18/h2-10H,19H2,1H3,(H,20,21,22). The van der Waals surface area contributed by atoms with Gasteiger partial charge in [-0.3, -0.25) is 0 Å². The number of benzene rings is 2. The van der Waals surface area contributed by atoms with Gasteiger partial charge < -0.3 is 20.5 Å². The number of nitrogen functional groups attached to an aromatic ring is 1. The van der Waals surface area contributed by atoms with Crippen LogP contribution in [-0.4, -0.2) is 17.1 Å². The molecular formula is C17H15FN4O2. The van der Waals surface area contributed by atoms with Crippen LogP contribution in [0.3, 0.4) is 0 Å². The number of nitrogens with one attached hydrogen (secondary N) is 1. The third-order valence-corrected chi connectivity index (χ3v) is 3.25. The maximum absolute atomic E-state index is 13.7. The van der Waals surface area contributed by atoms with Gasteiger partial charge in [-0.2, -0.15) is 4.98 Å². The fourth-order valence-electron chi connectivity index (χ4n) is 2.01. The Hall–Kier alpha value is -3.35. The number of halogens is 1. The lowest BCUT2D eigenvalue weighted by atomic mass is 10.3. The van der Waals surface area contributed by atoms with Crippen LogP contribution in [0.1, 0.15) is 0 Å². The normalized spacial score (nSPS) is 10.2. The van der Waals surface area contributed by atoms with Crippen molar-refractivity contribution < 1.29 is 13.9 Å². The molecule has 6 nitrogen and oxygen atoms in total. The van der Waals surface area contributed by atoms with Crippen LogP contribution in [-0.2, 0) is 0 Å². The molecule has 0 amide bonds. The largest absolute Gasteiger partial charge is 0.497 e. The van der Waals surface area contributed by atoms with E-state index in [2.05, 4.69) is 15.3 Å². The Morgan fingerprint density at radius 3 is 2.42 bits per heavy atom. The molecule has 122 valence electrons. The highest BCUT2D eigenvalue weighted by Gasteiger charge is 2.12. The van der Waals surface area contributed by atoms with E-state index in [-0.39, 0.29) is 23.1 Å². The molecule has 1 heterocycles. The first-order chi connectivity index (χ1) is 11.7. The highest BCUT2D eigenvalue weighted by molar-refractivity contribution is 5.72. The molecule has 0 aliphatic carbocycles. The van der Waals surface area contributed by atoms with Crippen LogP contribution in [0.4, 0.5) is 21.6 Å². The van der Waals surface area contributed by atoms with Gasteiger partial charge in [-0.05, 0) is 36.4 Å². The van der Waals surface area contributed by atoms with E-state index in [0.29, 0.717) is 11.5 Å². The van der Waals surface area contributed by atoms with Gasteiger partial charge in [-0.1, -0.05) is 12.1 Å². The topological polar surface area (TPSA) is 82.3 Å². The van der Waals surface area contributed by atoms with Gasteiger partial charge >= 0.3 is 0 Å². The minimum atomic E-state index is -0.409. The van der Waals surface area contributed by atoms with E-state index in [1.165, 1.54) is 12.4 Å². The molecule has 0 radical (unpaired) electrons. The molecule has 0 bridgehead atoms. The minimum absolute atomic E-state index is 0.175. The van der Waals surface area contributed by atoms with Gasteiger partial charge in [0.1, 0.15) is 29.3 Å². The second-order valence-corrected chi connectivity index (χ2v) is 4.82. The smallest absolute Gasteiger partial charge is 0.248 e. The lowest BCUT2D eigenvalue weighted by Gasteiger charge is -2.12. The number of anilines is 3. The van der Waals surface area contributed by atoms with Crippen molar-refractivity contribution in [1.82, 2.24) is 9.97 Å². The van der Waals surface area contributed by atoms with Crippen molar-refractivity contribution in [3.05, 3.63) is 60.7 Å². The number of rotatable bonds is 5. The Labute approximate surface area is 138 Å². The van der Waals surface area contributed by atoms with E-state index in [4.69, 9.17) is 15.2 Å². The molecular weight excluding hydrogens is 311 g/mol. The van der Waals surface area contributed by atoms with Gasteiger partial charge in [-0.25, -0.2) is 9.37 Å². The van der Waals surface area contributed by atoms with Crippen molar-refractivity contribution in [3.8, 4) is 17.4 Å². The summed E-state index contributed by atoms with van der Waals surface area (Å²) >= 11 is 0. The molecule has 0 saturated carbocycles. The molecule has 0 spiro atoms. The van der Waals surface area contributed by atoms with E-state index < -0.39 is 5.82 Å². The molecule has 0 aliphatic rings. The molecule has 3 rings (SSSR count). The van der Waals surface area contributed by atoms with Gasteiger partial charge in [0.15, 0.2) is 5.82 Å². The first-order valence-corrected chi connectivity index (χ1v) is 7.11. The number of para-hydroxylation sites is 1. The first-order valence-electron chi connectivity index (χ1n) is 7.11. The summed E-state index contributed by atoms with van der Waals surface area (Å²) in [6, 6.07) is 13.2. The van der Waals surface area contributed by atoms with Crippen molar-refractivity contribution >= 4 is 17.2 Å². The lowest BCUT2D eigenvalue weighted by molar-refractivity contribution is 0.412. The average molecular weight is 326 g/mol. The van der Waals surface area contributed by atoms with E-state index in [9.17, 15) is 4.39 Å². The predicted molar refractivity (Wildman–Crippen MR) is 89.2 cm³/mol. The van der Waals surface area contributed by atoms with Crippen molar-refractivity contribution in [2.24, 2.45) is 0 Å². The summed E-state index contributed by atoms with van der Waals surface area (Å²) < 4.78 is 24.5. The maximum atomic E-state index is 13.7. The summed E-state index contributed by atoms with van der Waals surface area (Å²) in [5, 5.41) is 2.83. The highest BCUT2D eigenvalue weighted by atomic mass is 19.1. The maximum Gasteiger partial charge on any atom is 0.248 e. The fourth-order valence-corrected chi connectivity index (χ4v) is 2.01. The minimum Gasteiger partial charge on any atom is -0.497 e. The molecule has 0 atom stereocenters. The van der Waals surface area contributed by atoms with Crippen LogP contribution in [0.15, 0.2) is 54.9 Å². The van der Waals surface area contributed by atoms with Crippen molar-refractivity contribution in [2.45, 2.75) is 0 Å². The summed E-state index contributed by atoms with van der Waals surface area (Å²) in [4.78, 5) is 8.05. The molecule has 3 N–H and O–H groups in total. The Balaban J connectivity index is 1.83. The highest BCUT2D eigenvalue weighted by Crippen LogP contribution is 2.31. The van der Waals surface area contributed by atoms with E-state index in [1.807, 2.05) is 0 Å². The Bertz CT molecular complexity index is 840. The Morgan fingerprint density at radius 1 is 1.00 bits per heavy atom. The lowest BCUT2D eigenvalue weighted by Crippen LogP contribution is -2.04. The third-order valence-electron chi connectivity index (χ3n) is 3.25. The molecule has 7 heteroatoms. The van der Waals surface area contributed by atoms with Gasteiger partial charge in [0.2, 0.25) is 5.88 Å². The molecule has 1 aromatic heterocycles. The molecule has 0 saturated heterocycles. The summed E-state index contributed by atoms with van der Waals surface area (Å²) in [6.45, 7) is 0. The number of ether oxygens (including phenoxy) is 2. The van der Waals surface area contributed by atoms with Crippen LogP contribution in [0.2, 0.25) is 0 Å². The van der Waals surface area contributed by atoms with Crippen LogP contribution < -0.4 is 20.5 Å². The number of nitrogens with two attached hydrogens (primary N) is 1. The van der Waals surface area contributed by atoms with Gasteiger partial charge in [0, 0.05) is 0 Å². The Morgan fingerprint density at radius 2 is 1.71 bits per heavy atom. The monoisotopic (exact) mass is 326 g/mol. The first kappa shape index (κ1) is 15.5. The van der Waals surface area contributed by atoms with Crippen LogP contribution >= 0.6 is 0 Å². The summed E-state index contributed by atoms with van der Waals surface area (Å²) in [7, 11) is 1.58. The molecule has 24 heavy (non-hydrogen) atoms. The van der Waals surface area contributed by atoms with E-state index in [1.54, 1.807) is 49.6 Å². The number of nitrogens with zero attached hydrogens (tertiary/aromatic N) is 2. The zero-order valence-electron chi connectivity index (χ0n) is 12.9. The van der Waals surface area contributed by atoms with E-state index in [0.717, 1.165) is 0 Å². The number of hydrogen-bond acceptors (Lipinski definition) is 6. The molecule has 2 aromatic carbocycles. The van der Waals surface area contributed by atoms with Gasteiger partial charge in [-0.15, -0.1) is 0 Å². The van der Waals surface area contributed by atoms with Crippen LogP contribution in [0, 0.1) is 5.82 Å². The Kier molecular flexibility index (Phi) is 4.42. The summed E-state index contributed by atoms with van der Waals surface area (Å²) in [6.07, 6.45) is 1.29. The second-order valence-electron chi connectivity index (χ2n) is 4.82. The predicted octanol–water partition coefficient (Wildman–Crippen LogP) is 3.74. The number of aromatic nitrogens is 2. The van der Waals surface area contributed by atoms with Crippen LogP contribution in [0.25, 0.3) is 0 Å². The zero-order chi connectivity index (χ0) is 16.9. The molecule has 0 fully saturated rings. The van der Waals surface area contributed by atoms with Crippen molar-refractivity contribution in [1.29, 1.82) is 0 Å². The molecule has 3 aromatic rings. The quantitative estimate of drug-likeness (QED) is 0.743. The van der Waals surface area contributed by atoms with Crippen LogP contribution in [0.5, 0.6) is 17.4 Å². The zero-order valence-corrected chi connectivity index (χ0v) is 12.9. The van der Waals surface area contributed by atoms with Gasteiger partial charge in [0.05, 0.1) is 12.8 Å². The average Bonchev–Trinajstić information content (AvgIpc) is 2.61. The third kappa shape index (κ3) is 3.35. The molecule has 0 unspecified atom stereocenters. The number of methoxy groups -OCH3 is 1. The van der Waals surface area contributed by atoms with Crippen molar-refractivity contribution in [2.75, 3.05) is 18.2 Å².